The van der Waals surface area contributed by atoms with E-state index in [2.05, 4.69) is 30.4 Å². The summed E-state index contributed by atoms with van der Waals surface area (Å²) in [6, 6.07) is 27.2. The summed E-state index contributed by atoms with van der Waals surface area (Å²) in [5.74, 6) is -0.0380. The maximum atomic E-state index is 12.8. The van der Waals surface area contributed by atoms with Gasteiger partial charge in [0.1, 0.15) is 29.4 Å². The van der Waals surface area contributed by atoms with Crippen molar-refractivity contribution < 1.29 is 13.6 Å². The molecule has 0 saturated carbocycles. The van der Waals surface area contributed by atoms with Crippen molar-refractivity contribution in [1.29, 1.82) is 0 Å². The van der Waals surface area contributed by atoms with Crippen LogP contribution in [0.15, 0.2) is 109 Å². The summed E-state index contributed by atoms with van der Waals surface area (Å²) >= 11 is 0. The van der Waals surface area contributed by atoms with Gasteiger partial charge in [0.25, 0.3) is 0 Å². The van der Waals surface area contributed by atoms with E-state index in [1.165, 1.54) is 36.4 Å². The Morgan fingerprint density at radius 1 is 0.683 bits per heavy atom. The minimum atomic E-state index is -0.319. The number of nitrogens with one attached hydrogen (secondary N) is 2. The van der Waals surface area contributed by atoms with Gasteiger partial charge in [-0.15, -0.1) is 0 Å². The summed E-state index contributed by atoms with van der Waals surface area (Å²) < 4.78 is 24.9. The van der Waals surface area contributed by atoms with Crippen LogP contribution in [0.1, 0.15) is 21.6 Å². The van der Waals surface area contributed by atoms with Crippen molar-refractivity contribution in [3.05, 3.63) is 138 Å². The van der Waals surface area contributed by atoms with Crippen LogP contribution in [-0.2, 0) is 12.8 Å². The molecule has 206 valence electrons. The van der Waals surface area contributed by atoms with Crippen molar-refractivity contribution in [2.24, 2.45) is 0 Å². The van der Waals surface area contributed by atoms with Crippen LogP contribution in [0.2, 0.25) is 0 Å². The summed E-state index contributed by atoms with van der Waals surface area (Å²) in [6.45, 7) is 0. The first-order chi connectivity index (χ1) is 20.0. The molecule has 0 aliphatic heterocycles. The molecule has 0 spiro atoms. The molecule has 41 heavy (non-hydrogen) atoms. The van der Waals surface area contributed by atoms with Gasteiger partial charge in [-0.05, 0) is 85.1 Å². The molecule has 10 heteroatoms. The number of aldehydes is 1. The molecule has 0 aliphatic carbocycles. The van der Waals surface area contributed by atoms with Crippen molar-refractivity contribution in [3.8, 4) is 22.8 Å². The quantitative estimate of drug-likeness (QED) is 0.215. The number of aromatic amines is 2. The van der Waals surface area contributed by atoms with Crippen LogP contribution < -0.4 is 5.73 Å². The lowest BCUT2D eigenvalue weighted by atomic mass is 10.1. The predicted octanol–water partition coefficient (Wildman–Crippen LogP) is 6.09. The van der Waals surface area contributed by atoms with Gasteiger partial charge in [-0.2, -0.15) is 10.2 Å². The lowest BCUT2D eigenvalue weighted by molar-refractivity contribution is 0.112. The summed E-state index contributed by atoms with van der Waals surface area (Å²) in [5.41, 5.74) is 11.5. The topological polar surface area (TPSA) is 126 Å². The Hall–Kier alpha value is -5.51. The Morgan fingerprint density at radius 2 is 1.32 bits per heavy atom. The van der Waals surface area contributed by atoms with Crippen LogP contribution in [-0.4, -0.2) is 36.6 Å². The van der Waals surface area contributed by atoms with Crippen molar-refractivity contribution in [2.75, 3.05) is 5.73 Å². The van der Waals surface area contributed by atoms with Gasteiger partial charge in [-0.1, -0.05) is 24.3 Å². The SMILES string of the molecule is Fc1ccc(CCc2cc(-c3ccccn3)n[nH]2)cc1.Nc1cc(-c2ccccn2)[nH]n1.O=Cc1ccc(F)cc1. The number of anilines is 1. The molecule has 0 aliphatic rings. The van der Waals surface area contributed by atoms with E-state index in [9.17, 15) is 13.6 Å². The van der Waals surface area contributed by atoms with Crippen LogP contribution >= 0.6 is 0 Å². The van der Waals surface area contributed by atoms with Crippen molar-refractivity contribution in [1.82, 2.24) is 30.4 Å². The van der Waals surface area contributed by atoms with Gasteiger partial charge in [-0.3, -0.25) is 25.0 Å². The van der Waals surface area contributed by atoms with Gasteiger partial charge in [-0.25, -0.2) is 8.78 Å². The highest BCUT2D eigenvalue weighted by Crippen LogP contribution is 2.16. The monoisotopic (exact) mass is 551 g/mol. The number of nitrogens with zero attached hydrogens (tertiary/aromatic N) is 4. The summed E-state index contributed by atoms with van der Waals surface area (Å²) in [7, 11) is 0. The average Bonchev–Trinajstić information content (AvgIpc) is 3.68. The van der Waals surface area contributed by atoms with Gasteiger partial charge < -0.3 is 5.73 Å². The second-order valence-corrected chi connectivity index (χ2v) is 8.71. The van der Waals surface area contributed by atoms with Crippen molar-refractivity contribution in [2.45, 2.75) is 12.8 Å². The third-order valence-electron chi connectivity index (χ3n) is 5.70. The molecule has 0 bridgehead atoms. The van der Waals surface area contributed by atoms with E-state index in [0.29, 0.717) is 17.7 Å². The molecule has 0 unspecified atom stereocenters. The van der Waals surface area contributed by atoms with Gasteiger partial charge in [0.15, 0.2) is 0 Å². The molecule has 0 amide bonds. The molecule has 6 aromatic rings. The molecule has 8 nitrogen and oxygen atoms in total. The molecule has 2 aromatic carbocycles. The van der Waals surface area contributed by atoms with Crippen LogP contribution in [0.3, 0.4) is 0 Å². The first-order valence-electron chi connectivity index (χ1n) is 12.6. The number of carbonyl (C=O) groups excluding carboxylic acids is 1. The predicted molar refractivity (Wildman–Crippen MR) is 154 cm³/mol. The number of hydrogen-bond donors (Lipinski definition) is 3. The molecule has 0 atom stereocenters. The lowest BCUT2D eigenvalue weighted by Crippen LogP contribution is -1.91. The molecule has 0 radical (unpaired) electrons. The number of H-pyrrole nitrogens is 2. The van der Waals surface area contributed by atoms with E-state index < -0.39 is 0 Å². The molecule has 4 aromatic heterocycles. The van der Waals surface area contributed by atoms with Crippen molar-refractivity contribution in [3.63, 3.8) is 0 Å². The Morgan fingerprint density at radius 3 is 1.88 bits per heavy atom. The van der Waals surface area contributed by atoms with E-state index >= 15 is 0 Å². The zero-order valence-corrected chi connectivity index (χ0v) is 21.9. The number of nitrogen functional groups attached to an aromatic ring is 1. The number of pyridine rings is 2. The Bertz CT molecular complexity index is 1620. The fourth-order valence-corrected chi connectivity index (χ4v) is 3.60. The smallest absolute Gasteiger partial charge is 0.150 e. The van der Waals surface area contributed by atoms with Crippen LogP contribution in [0.4, 0.5) is 14.6 Å². The zero-order valence-electron chi connectivity index (χ0n) is 21.9. The maximum Gasteiger partial charge on any atom is 0.150 e. The summed E-state index contributed by atoms with van der Waals surface area (Å²) in [5, 5.41) is 13.9. The number of aromatic nitrogens is 6. The van der Waals surface area contributed by atoms with E-state index in [1.54, 1.807) is 18.5 Å². The highest BCUT2D eigenvalue weighted by Gasteiger charge is 2.05. The minimum Gasteiger partial charge on any atom is -0.382 e. The number of rotatable bonds is 6. The fourth-order valence-electron chi connectivity index (χ4n) is 3.60. The highest BCUT2D eigenvalue weighted by atomic mass is 19.1. The van der Waals surface area contributed by atoms with Crippen LogP contribution in [0.5, 0.6) is 0 Å². The van der Waals surface area contributed by atoms with Crippen LogP contribution in [0, 0.1) is 11.6 Å². The number of halogens is 2. The Labute approximate surface area is 235 Å². The second kappa shape index (κ2) is 14.6. The van der Waals surface area contributed by atoms with Gasteiger partial charge >= 0.3 is 0 Å². The largest absolute Gasteiger partial charge is 0.382 e. The minimum absolute atomic E-state index is 0.201. The Balaban J connectivity index is 0.000000156. The molecular formula is C31H27F2N7O. The lowest BCUT2D eigenvalue weighted by Gasteiger charge is -1.99. The average molecular weight is 552 g/mol. The number of carbonyl (C=O) groups is 1. The molecule has 4 heterocycles. The number of hydrogen-bond acceptors (Lipinski definition) is 6. The molecule has 4 N–H and O–H groups in total. The third-order valence-corrected chi connectivity index (χ3v) is 5.70. The summed E-state index contributed by atoms with van der Waals surface area (Å²) in [4.78, 5) is 18.4. The highest BCUT2D eigenvalue weighted by molar-refractivity contribution is 5.74. The third kappa shape index (κ3) is 9.03. The maximum absolute atomic E-state index is 12.8. The van der Waals surface area contributed by atoms with E-state index in [4.69, 9.17) is 5.73 Å². The molecule has 0 saturated heterocycles. The number of benzene rings is 2. The van der Waals surface area contributed by atoms with Gasteiger partial charge in [0.2, 0.25) is 0 Å². The number of nitrogens with two attached hydrogens (primary N) is 1. The van der Waals surface area contributed by atoms with E-state index in [1.807, 2.05) is 54.6 Å². The molecular weight excluding hydrogens is 524 g/mol. The normalized spacial score (nSPS) is 10.1. The first kappa shape index (κ1) is 28.5. The van der Waals surface area contributed by atoms with Crippen LogP contribution in [0.25, 0.3) is 22.8 Å². The Kier molecular flexibility index (Phi) is 10.1. The van der Waals surface area contributed by atoms with E-state index in [0.717, 1.165) is 46.9 Å². The fraction of sp³-hybridized carbons (Fsp3) is 0.0645. The number of aryl methyl sites for hydroxylation is 2. The van der Waals surface area contributed by atoms with Gasteiger partial charge in [0.05, 0.1) is 17.1 Å². The molecule has 6 rings (SSSR count). The second-order valence-electron chi connectivity index (χ2n) is 8.71. The first-order valence-corrected chi connectivity index (χ1v) is 12.6. The van der Waals surface area contributed by atoms with Gasteiger partial charge in [0, 0.05) is 29.7 Å². The zero-order chi connectivity index (χ0) is 28.9. The summed E-state index contributed by atoms with van der Waals surface area (Å²) in [6.07, 6.45) is 5.85. The molecule has 0 fully saturated rings. The van der Waals surface area contributed by atoms with E-state index in [-0.39, 0.29) is 11.6 Å². The van der Waals surface area contributed by atoms with Crippen molar-refractivity contribution >= 4 is 12.1 Å². The standard InChI is InChI=1S/C16H14FN3.C8H8N4.C7H5FO/c17-13-7-4-12(5-8-13)6-9-14-11-16(20-19-14)15-3-1-2-10-18-15;9-8-5-7(11-12-8)6-3-1-2-4-10-6;8-7-3-1-6(5-9)2-4-7/h1-5,7-8,10-11H,6,9H2,(H,19,20);1-5H,(H3,9,11,12);1-5H.